The van der Waals surface area contributed by atoms with E-state index in [1.165, 1.54) is 34.6 Å². The molecule has 0 saturated carbocycles. The van der Waals surface area contributed by atoms with Crippen LogP contribution in [0, 0.1) is 11.8 Å². The van der Waals surface area contributed by atoms with E-state index in [-0.39, 0.29) is 0 Å². The summed E-state index contributed by atoms with van der Waals surface area (Å²) >= 11 is 1.90. The van der Waals surface area contributed by atoms with Crippen molar-refractivity contribution in [2.45, 2.75) is 77.5 Å². The predicted molar refractivity (Wildman–Crippen MR) is 110 cm³/mol. The Kier molecular flexibility index (Phi) is 11.2. The van der Waals surface area contributed by atoms with Crippen molar-refractivity contribution in [1.29, 1.82) is 0 Å². The molecule has 1 aromatic rings. The van der Waals surface area contributed by atoms with Gasteiger partial charge in [0.15, 0.2) is 0 Å². The molecule has 1 rings (SSSR count). The SMILES string of the molecule is CCCC#Cc1cccc(S/C(=C/C(C)=C\CCC)CCCC)c1. The normalized spacial score (nSPS) is 12.0. The highest BCUT2D eigenvalue weighted by molar-refractivity contribution is 8.03. The average molecular weight is 341 g/mol. The Bertz CT molecular complexity index is 596. The zero-order valence-corrected chi connectivity index (χ0v) is 16.6. The molecule has 0 aliphatic heterocycles. The highest BCUT2D eigenvalue weighted by Crippen LogP contribution is 2.31. The molecule has 0 fully saturated rings. The summed E-state index contributed by atoms with van der Waals surface area (Å²) in [5.41, 5.74) is 2.51. The molecule has 0 N–H and O–H groups in total. The maximum absolute atomic E-state index is 3.28. The molecule has 0 aromatic heterocycles. The fourth-order valence-electron chi connectivity index (χ4n) is 2.27. The van der Waals surface area contributed by atoms with Gasteiger partial charge in [0.05, 0.1) is 0 Å². The Labute approximate surface area is 153 Å². The number of unbranched alkanes of at least 4 members (excludes halogenated alkanes) is 3. The minimum atomic E-state index is 0.973. The first kappa shape index (κ1) is 20.7. The summed E-state index contributed by atoms with van der Waals surface area (Å²) in [5, 5.41) is 0. The molecule has 0 saturated heterocycles. The van der Waals surface area contributed by atoms with Crippen LogP contribution in [0.4, 0.5) is 0 Å². The van der Waals surface area contributed by atoms with Gasteiger partial charge in [-0.2, -0.15) is 0 Å². The molecule has 0 nitrogen and oxygen atoms in total. The Hall–Kier alpha value is -1.39. The number of rotatable bonds is 9. The summed E-state index contributed by atoms with van der Waals surface area (Å²) in [6.45, 7) is 8.87. The van der Waals surface area contributed by atoms with Crippen molar-refractivity contribution in [3.63, 3.8) is 0 Å². The first-order chi connectivity index (χ1) is 11.7. The van der Waals surface area contributed by atoms with Crippen molar-refractivity contribution in [3.8, 4) is 11.8 Å². The van der Waals surface area contributed by atoms with Gasteiger partial charge >= 0.3 is 0 Å². The van der Waals surface area contributed by atoms with Gasteiger partial charge in [0.2, 0.25) is 0 Å². The molecule has 130 valence electrons. The van der Waals surface area contributed by atoms with Crippen LogP contribution >= 0.6 is 11.8 Å². The maximum Gasteiger partial charge on any atom is 0.0256 e. The lowest BCUT2D eigenvalue weighted by molar-refractivity contribution is 0.808. The summed E-state index contributed by atoms with van der Waals surface area (Å²) in [5.74, 6) is 6.52. The Morgan fingerprint density at radius 2 is 1.96 bits per heavy atom. The zero-order chi connectivity index (χ0) is 17.6. The van der Waals surface area contributed by atoms with Crippen molar-refractivity contribution >= 4 is 11.8 Å². The lowest BCUT2D eigenvalue weighted by Gasteiger charge is -2.08. The van der Waals surface area contributed by atoms with Gasteiger partial charge in [0.25, 0.3) is 0 Å². The lowest BCUT2D eigenvalue weighted by atomic mass is 10.1. The lowest BCUT2D eigenvalue weighted by Crippen LogP contribution is -1.83. The summed E-state index contributed by atoms with van der Waals surface area (Å²) in [6.07, 6.45) is 12.8. The van der Waals surface area contributed by atoms with Crippen LogP contribution in [0.15, 0.2) is 51.8 Å². The van der Waals surface area contributed by atoms with Crippen LogP contribution in [-0.4, -0.2) is 0 Å². The summed E-state index contributed by atoms with van der Waals surface area (Å²) in [7, 11) is 0. The van der Waals surface area contributed by atoms with E-state index >= 15 is 0 Å². The number of thioether (sulfide) groups is 1. The second kappa shape index (κ2) is 13.0. The largest absolute Gasteiger partial charge is 0.0979 e. The molecular formula is C23H32S. The van der Waals surface area contributed by atoms with Gasteiger partial charge in [-0.1, -0.05) is 74.9 Å². The molecule has 0 aliphatic rings. The average Bonchev–Trinajstić information content (AvgIpc) is 2.58. The number of hydrogen-bond donors (Lipinski definition) is 0. The Balaban J connectivity index is 2.88. The molecule has 24 heavy (non-hydrogen) atoms. The molecule has 0 heterocycles. The maximum atomic E-state index is 3.28. The Morgan fingerprint density at radius 3 is 2.67 bits per heavy atom. The molecule has 0 amide bonds. The van der Waals surface area contributed by atoms with E-state index in [0.717, 1.165) is 31.2 Å². The van der Waals surface area contributed by atoms with E-state index < -0.39 is 0 Å². The van der Waals surface area contributed by atoms with E-state index in [4.69, 9.17) is 0 Å². The molecule has 0 unspecified atom stereocenters. The van der Waals surface area contributed by atoms with E-state index in [1.807, 2.05) is 11.8 Å². The minimum absolute atomic E-state index is 0.973. The third-order valence-corrected chi connectivity index (χ3v) is 4.68. The second-order valence-electron chi connectivity index (χ2n) is 6.13. The highest BCUT2D eigenvalue weighted by Gasteiger charge is 2.02. The van der Waals surface area contributed by atoms with Crippen LogP contribution < -0.4 is 0 Å². The van der Waals surface area contributed by atoms with Crippen LogP contribution in [-0.2, 0) is 0 Å². The quantitative estimate of drug-likeness (QED) is 0.251. The third-order valence-electron chi connectivity index (χ3n) is 3.61. The third kappa shape index (κ3) is 9.04. The monoisotopic (exact) mass is 340 g/mol. The van der Waals surface area contributed by atoms with Crippen LogP contribution in [0.1, 0.15) is 78.2 Å². The van der Waals surface area contributed by atoms with E-state index in [1.54, 1.807) is 0 Å². The minimum Gasteiger partial charge on any atom is -0.0979 e. The summed E-state index contributed by atoms with van der Waals surface area (Å²) in [4.78, 5) is 2.75. The number of allylic oxidation sites excluding steroid dienone is 4. The van der Waals surface area contributed by atoms with Gasteiger partial charge in [0, 0.05) is 16.9 Å². The van der Waals surface area contributed by atoms with Crippen molar-refractivity contribution in [2.24, 2.45) is 0 Å². The second-order valence-corrected chi connectivity index (χ2v) is 7.33. The molecular weight excluding hydrogens is 308 g/mol. The fraction of sp³-hybridized carbons (Fsp3) is 0.478. The van der Waals surface area contributed by atoms with Crippen molar-refractivity contribution in [1.82, 2.24) is 0 Å². The van der Waals surface area contributed by atoms with E-state index in [0.29, 0.717) is 0 Å². The van der Waals surface area contributed by atoms with Crippen LogP contribution in [0.2, 0.25) is 0 Å². The predicted octanol–water partition coefficient (Wildman–Crippen LogP) is 7.75. The van der Waals surface area contributed by atoms with Crippen molar-refractivity contribution in [3.05, 3.63) is 52.5 Å². The standard InChI is InChI=1S/C23H32S/c1-5-8-11-14-21-15-12-17-23(19-21)24-22(16-10-7-3)18-20(4)13-9-6-2/h12-13,15,17-19H,5-10,16H2,1-4H3/b20-13-,22-18+. The molecule has 0 bridgehead atoms. The first-order valence-electron chi connectivity index (χ1n) is 9.33. The van der Waals surface area contributed by atoms with Gasteiger partial charge in [-0.25, -0.2) is 0 Å². The van der Waals surface area contributed by atoms with Crippen LogP contribution in [0.25, 0.3) is 0 Å². The van der Waals surface area contributed by atoms with Gasteiger partial charge in [0.1, 0.15) is 0 Å². The van der Waals surface area contributed by atoms with Gasteiger partial charge in [-0.3, -0.25) is 0 Å². The van der Waals surface area contributed by atoms with Gasteiger partial charge in [-0.15, -0.1) is 0 Å². The summed E-state index contributed by atoms with van der Waals surface area (Å²) in [6, 6.07) is 8.64. The fourth-order valence-corrected chi connectivity index (χ4v) is 3.39. The topological polar surface area (TPSA) is 0 Å². The van der Waals surface area contributed by atoms with E-state index in [2.05, 4.69) is 76.0 Å². The molecule has 0 aliphatic carbocycles. The molecule has 0 atom stereocenters. The van der Waals surface area contributed by atoms with Crippen LogP contribution in [0.5, 0.6) is 0 Å². The highest BCUT2D eigenvalue weighted by atomic mass is 32.2. The Morgan fingerprint density at radius 1 is 1.12 bits per heavy atom. The summed E-state index contributed by atoms with van der Waals surface area (Å²) < 4.78 is 0. The molecule has 1 aromatic carbocycles. The first-order valence-corrected chi connectivity index (χ1v) is 10.1. The van der Waals surface area contributed by atoms with Gasteiger partial charge < -0.3 is 0 Å². The van der Waals surface area contributed by atoms with Crippen molar-refractivity contribution < 1.29 is 0 Å². The molecule has 0 radical (unpaired) electrons. The molecule has 0 spiro atoms. The molecule has 1 heteroatoms. The van der Waals surface area contributed by atoms with Gasteiger partial charge in [-0.05, 0) is 61.8 Å². The smallest absolute Gasteiger partial charge is 0.0256 e. The van der Waals surface area contributed by atoms with Crippen LogP contribution in [0.3, 0.4) is 0 Å². The van der Waals surface area contributed by atoms with Crippen molar-refractivity contribution in [2.75, 3.05) is 0 Å². The van der Waals surface area contributed by atoms with E-state index in [9.17, 15) is 0 Å². The zero-order valence-electron chi connectivity index (χ0n) is 15.8. The number of hydrogen-bond acceptors (Lipinski definition) is 1. The number of benzene rings is 1.